The fraction of sp³-hybridized carbons (Fsp3) is 0.185. The molecule has 192 valence electrons. The first kappa shape index (κ1) is 26.7. The highest BCUT2D eigenvalue weighted by atomic mass is 35.5. The van der Waals surface area contributed by atoms with E-state index in [0.29, 0.717) is 37.9 Å². The second kappa shape index (κ2) is 11.0. The molecule has 10 heteroatoms. The Hall–Kier alpha value is -3.33. The molecule has 0 aliphatic heterocycles. The summed E-state index contributed by atoms with van der Waals surface area (Å²) in [6.07, 6.45) is 0.0755. The average molecular weight is 559 g/mol. The molecule has 1 heterocycles. The molecule has 0 fully saturated rings. The van der Waals surface area contributed by atoms with Gasteiger partial charge in [0, 0.05) is 23.6 Å². The maximum absolute atomic E-state index is 13.0. The minimum atomic E-state index is -3.66. The highest BCUT2D eigenvalue weighted by Crippen LogP contribution is 2.32. The molecule has 0 saturated heterocycles. The number of benzene rings is 3. The number of ether oxygens (including phenoxy) is 1. The fourth-order valence-electron chi connectivity index (χ4n) is 4.02. The largest absolute Gasteiger partial charge is 0.466 e. The van der Waals surface area contributed by atoms with E-state index in [0.717, 1.165) is 5.52 Å². The summed E-state index contributed by atoms with van der Waals surface area (Å²) in [4.78, 5) is 24.8. The summed E-state index contributed by atoms with van der Waals surface area (Å²) in [6.45, 7) is 2.02. The SMILES string of the molecule is CCOC(=O)Cc1cccc(CS(=O)(=O)c2ccc(NC(=O)c3cc4c(Cl)c(Cl)ccc4n3C)cc2)c1. The lowest BCUT2D eigenvalue weighted by atomic mass is 10.1. The normalized spacial score (nSPS) is 11.5. The molecule has 0 bridgehead atoms. The number of fused-ring (bicyclic) bond motifs is 1. The summed E-state index contributed by atoms with van der Waals surface area (Å²) in [5.41, 5.74) is 2.82. The van der Waals surface area contributed by atoms with Crippen LogP contribution >= 0.6 is 23.2 Å². The number of nitrogens with zero attached hydrogens (tertiary/aromatic N) is 1. The number of halogens is 2. The standard InChI is InChI=1S/C27H24Cl2N2O5S/c1-3-36-25(32)14-17-5-4-6-18(13-17)16-37(34,35)20-9-7-19(8-10-20)30-27(33)24-15-21-23(31(24)2)12-11-22(28)26(21)29/h4-13,15H,3,14,16H2,1-2H3,(H,30,33). The Bertz CT molecular complexity index is 1600. The number of hydrogen-bond donors (Lipinski definition) is 1. The van der Waals surface area contributed by atoms with E-state index in [4.69, 9.17) is 27.9 Å². The Labute approximate surface area is 224 Å². The zero-order chi connectivity index (χ0) is 26.7. The van der Waals surface area contributed by atoms with E-state index in [1.165, 1.54) is 24.3 Å². The quantitative estimate of drug-likeness (QED) is 0.275. The van der Waals surface area contributed by atoms with E-state index >= 15 is 0 Å². The van der Waals surface area contributed by atoms with Gasteiger partial charge in [0.05, 0.1) is 33.7 Å². The van der Waals surface area contributed by atoms with Crippen LogP contribution < -0.4 is 5.32 Å². The van der Waals surface area contributed by atoms with Crippen LogP contribution in [0.3, 0.4) is 0 Å². The number of anilines is 1. The smallest absolute Gasteiger partial charge is 0.310 e. The maximum atomic E-state index is 13.0. The molecular weight excluding hydrogens is 535 g/mol. The molecule has 0 unspecified atom stereocenters. The molecule has 1 amide bonds. The monoisotopic (exact) mass is 558 g/mol. The summed E-state index contributed by atoms with van der Waals surface area (Å²) in [7, 11) is -1.91. The molecule has 0 saturated carbocycles. The Morgan fingerprint density at radius 1 is 0.973 bits per heavy atom. The number of amides is 1. The van der Waals surface area contributed by atoms with Gasteiger partial charge in [0.15, 0.2) is 9.84 Å². The van der Waals surface area contributed by atoms with E-state index in [2.05, 4.69) is 5.32 Å². The van der Waals surface area contributed by atoms with Gasteiger partial charge in [0.2, 0.25) is 0 Å². The average Bonchev–Trinajstić information content (AvgIpc) is 3.19. The van der Waals surface area contributed by atoms with Crippen molar-refractivity contribution in [3.05, 3.63) is 93.6 Å². The molecule has 4 aromatic rings. The maximum Gasteiger partial charge on any atom is 0.310 e. The predicted molar refractivity (Wildman–Crippen MR) is 145 cm³/mol. The van der Waals surface area contributed by atoms with Crippen LogP contribution in [-0.4, -0.2) is 31.5 Å². The number of sulfone groups is 1. The fourth-order valence-corrected chi connectivity index (χ4v) is 5.73. The molecule has 0 radical (unpaired) electrons. The van der Waals surface area contributed by atoms with E-state index in [-0.39, 0.29) is 35.6 Å². The number of hydrogen-bond acceptors (Lipinski definition) is 5. The number of carbonyl (C=O) groups is 2. The van der Waals surface area contributed by atoms with Gasteiger partial charge in [-0.15, -0.1) is 0 Å². The van der Waals surface area contributed by atoms with E-state index in [1.54, 1.807) is 61.0 Å². The number of aryl methyl sites for hydroxylation is 1. The highest BCUT2D eigenvalue weighted by Gasteiger charge is 2.19. The molecule has 0 atom stereocenters. The van der Waals surface area contributed by atoms with Gasteiger partial charge in [-0.2, -0.15) is 0 Å². The van der Waals surface area contributed by atoms with Gasteiger partial charge in [-0.05, 0) is 60.5 Å². The first-order valence-electron chi connectivity index (χ1n) is 11.4. The molecule has 37 heavy (non-hydrogen) atoms. The zero-order valence-corrected chi connectivity index (χ0v) is 22.5. The lowest BCUT2D eigenvalue weighted by Crippen LogP contribution is -2.15. The number of esters is 1. The Morgan fingerprint density at radius 3 is 2.38 bits per heavy atom. The van der Waals surface area contributed by atoms with Crippen LogP contribution in [0.25, 0.3) is 10.9 Å². The van der Waals surface area contributed by atoms with Crippen LogP contribution in [0, 0.1) is 0 Å². The lowest BCUT2D eigenvalue weighted by molar-refractivity contribution is -0.142. The van der Waals surface area contributed by atoms with Gasteiger partial charge in [-0.3, -0.25) is 9.59 Å². The molecule has 0 aliphatic carbocycles. The van der Waals surface area contributed by atoms with Gasteiger partial charge < -0.3 is 14.6 Å². The third kappa shape index (κ3) is 5.98. The minimum absolute atomic E-state index is 0.0755. The van der Waals surface area contributed by atoms with Crippen molar-refractivity contribution in [1.82, 2.24) is 4.57 Å². The van der Waals surface area contributed by atoms with Crippen molar-refractivity contribution in [1.29, 1.82) is 0 Å². The second-order valence-corrected chi connectivity index (χ2v) is 11.2. The van der Waals surface area contributed by atoms with Gasteiger partial charge >= 0.3 is 5.97 Å². The molecule has 0 aliphatic rings. The van der Waals surface area contributed by atoms with Crippen molar-refractivity contribution < 1.29 is 22.7 Å². The molecule has 1 N–H and O–H groups in total. The van der Waals surface area contributed by atoms with E-state index in [1.807, 2.05) is 0 Å². The van der Waals surface area contributed by atoms with Crippen LogP contribution in [0.4, 0.5) is 5.69 Å². The first-order valence-corrected chi connectivity index (χ1v) is 13.8. The second-order valence-electron chi connectivity index (χ2n) is 8.42. The molecule has 7 nitrogen and oxygen atoms in total. The van der Waals surface area contributed by atoms with Gasteiger partial charge in [0.1, 0.15) is 5.69 Å². The first-order chi connectivity index (χ1) is 17.6. The highest BCUT2D eigenvalue weighted by molar-refractivity contribution is 7.90. The Kier molecular flexibility index (Phi) is 7.92. The van der Waals surface area contributed by atoms with Gasteiger partial charge in [-0.25, -0.2) is 8.42 Å². The van der Waals surface area contributed by atoms with Crippen molar-refractivity contribution in [2.24, 2.45) is 7.05 Å². The number of aromatic nitrogens is 1. The number of nitrogens with one attached hydrogen (secondary N) is 1. The summed E-state index contributed by atoms with van der Waals surface area (Å²) >= 11 is 12.4. The molecule has 3 aromatic carbocycles. The topological polar surface area (TPSA) is 94.5 Å². The summed E-state index contributed by atoms with van der Waals surface area (Å²) < 4.78 is 32.6. The van der Waals surface area contributed by atoms with Crippen LogP contribution in [0.2, 0.25) is 10.0 Å². The van der Waals surface area contributed by atoms with Crippen LogP contribution in [0.15, 0.2) is 71.6 Å². The number of rotatable bonds is 8. The predicted octanol–water partition coefficient (Wildman–Crippen LogP) is 5.82. The lowest BCUT2D eigenvalue weighted by Gasteiger charge is -2.09. The summed E-state index contributed by atoms with van der Waals surface area (Å²) in [5.74, 6) is -0.968. The summed E-state index contributed by atoms with van der Waals surface area (Å²) in [6, 6.07) is 17.9. The molecule has 0 spiro atoms. The summed E-state index contributed by atoms with van der Waals surface area (Å²) in [5, 5.41) is 4.21. The Balaban J connectivity index is 1.47. The van der Waals surface area contributed by atoms with E-state index in [9.17, 15) is 18.0 Å². The van der Waals surface area contributed by atoms with Gasteiger partial charge in [-0.1, -0.05) is 47.5 Å². The van der Waals surface area contributed by atoms with Crippen LogP contribution in [-0.2, 0) is 38.6 Å². The Morgan fingerprint density at radius 2 is 1.68 bits per heavy atom. The van der Waals surface area contributed by atoms with Crippen LogP contribution in [0.1, 0.15) is 28.5 Å². The van der Waals surface area contributed by atoms with Crippen molar-refractivity contribution in [3.8, 4) is 0 Å². The van der Waals surface area contributed by atoms with Crippen LogP contribution in [0.5, 0.6) is 0 Å². The molecule has 4 rings (SSSR count). The van der Waals surface area contributed by atoms with Gasteiger partial charge in [0.25, 0.3) is 5.91 Å². The van der Waals surface area contributed by atoms with Crippen molar-refractivity contribution in [3.63, 3.8) is 0 Å². The molecule has 1 aromatic heterocycles. The minimum Gasteiger partial charge on any atom is -0.466 e. The number of carbonyl (C=O) groups excluding carboxylic acids is 2. The van der Waals surface area contributed by atoms with E-state index < -0.39 is 9.84 Å². The third-order valence-electron chi connectivity index (χ3n) is 5.82. The van der Waals surface area contributed by atoms with Crippen molar-refractivity contribution in [2.45, 2.75) is 24.0 Å². The zero-order valence-electron chi connectivity index (χ0n) is 20.1. The third-order valence-corrected chi connectivity index (χ3v) is 8.34. The van der Waals surface area contributed by atoms with Crippen molar-refractivity contribution >= 4 is 61.5 Å². The molecular formula is C27H24Cl2N2O5S. The van der Waals surface area contributed by atoms with Crippen molar-refractivity contribution in [2.75, 3.05) is 11.9 Å².